The van der Waals surface area contributed by atoms with Crippen LogP contribution in [0.5, 0.6) is 5.75 Å². The third-order valence-electron chi connectivity index (χ3n) is 3.89. The van der Waals surface area contributed by atoms with Crippen molar-refractivity contribution in [2.45, 2.75) is 51.2 Å². The van der Waals surface area contributed by atoms with Crippen molar-refractivity contribution in [3.8, 4) is 5.75 Å². The first-order valence-electron chi connectivity index (χ1n) is 8.59. The molecule has 1 saturated carbocycles. The zero-order chi connectivity index (χ0) is 16.5. The molecule has 0 atom stereocenters. The topological polar surface area (TPSA) is 50.4 Å². The van der Waals surface area contributed by atoms with Crippen molar-refractivity contribution in [2.75, 3.05) is 24.2 Å². The van der Waals surface area contributed by atoms with Crippen LogP contribution in [-0.4, -0.2) is 30.2 Å². The van der Waals surface area contributed by atoms with E-state index in [0.29, 0.717) is 13.2 Å². The molecule has 5 heteroatoms. The quantitative estimate of drug-likeness (QED) is 0.683. The van der Waals surface area contributed by atoms with E-state index in [0.717, 1.165) is 34.4 Å². The van der Waals surface area contributed by atoms with Crippen LogP contribution >= 0.6 is 11.8 Å². The smallest absolute Gasteiger partial charge is 0.319 e. The molecule has 2 amide bonds. The summed E-state index contributed by atoms with van der Waals surface area (Å²) in [5.41, 5.74) is 1.85. The Labute approximate surface area is 143 Å². The average Bonchev–Trinajstić information content (AvgIpc) is 3.05. The van der Waals surface area contributed by atoms with Gasteiger partial charge in [-0.05, 0) is 43.9 Å². The lowest BCUT2D eigenvalue weighted by Crippen LogP contribution is -2.31. The third kappa shape index (κ3) is 6.34. The highest BCUT2D eigenvalue weighted by atomic mass is 32.2. The summed E-state index contributed by atoms with van der Waals surface area (Å²) in [6, 6.07) is 5.67. The molecule has 0 radical (unpaired) electrons. The van der Waals surface area contributed by atoms with Gasteiger partial charge in [-0.25, -0.2) is 4.79 Å². The summed E-state index contributed by atoms with van der Waals surface area (Å²) in [6.07, 6.45) is 6.33. The van der Waals surface area contributed by atoms with Crippen LogP contribution in [0.1, 0.15) is 44.6 Å². The summed E-state index contributed by atoms with van der Waals surface area (Å²) in [5.74, 6) is 1.72. The molecule has 0 heterocycles. The van der Waals surface area contributed by atoms with Crippen molar-refractivity contribution in [2.24, 2.45) is 0 Å². The second-order valence-electron chi connectivity index (χ2n) is 6.01. The lowest BCUT2D eigenvalue weighted by Gasteiger charge is -2.14. The number of rotatable bonds is 8. The van der Waals surface area contributed by atoms with E-state index in [1.54, 1.807) is 0 Å². The third-order valence-corrected chi connectivity index (χ3v) is 5.27. The first-order chi connectivity index (χ1) is 11.2. The van der Waals surface area contributed by atoms with Gasteiger partial charge in [0.15, 0.2) is 0 Å². The van der Waals surface area contributed by atoms with Crippen LogP contribution in [0.25, 0.3) is 0 Å². The van der Waals surface area contributed by atoms with Crippen molar-refractivity contribution in [3.05, 3.63) is 23.8 Å². The molecule has 0 aromatic heterocycles. The van der Waals surface area contributed by atoms with Gasteiger partial charge in [-0.3, -0.25) is 0 Å². The molecule has 0 saturated heterocycles. The first-order valence-corrected chi connectivity index (χ1v) is 9.64. The SMILES string of the molecule is CCCOc1cc(C)ccc1NC(=O)NCCSC1CCCC1. The van der Waals surface area contributed by atoms with E-state index in [9.17, 15) is 4.79 Å². The highest BCUT2D eigenvalue weighted by Gasteiger charge is 2.15. The zero-order valence-electron chi connectivity index (χ0n) is 14.2. The maximum absolute atomic E-state index is 12.0. The molecule has 128 valence electrons. The molecular formula is C18H28N2O2S. The Morgan fingerprint density at radius 2 is 2.13 bits per heavy atom. The number of urea groups is 1. The minimum Gasteiger partial charge on any atom is -0.491 e. The van der Waals surface area contributed by atoms with Crippen molar-refractivity contribution < 1.29 is 9.53 Å². The Morgan fingerprint density at radius 1 is 1.35 bits per heavy atom. The molecule has 0 bridgehead atoms. The molecule has 1 fully saturated rings. The Bertz CT molecular complexity index is 502. The molecular weight excluding hydrogens is 308 g/mol. The number of nitrogens with one attached hydrogen (secondary N) is 2. The molecule has 1 aromatic carbocycles. The standard InChI is InChI=1S/C18H28N2O2S/c1-3-11-22-17-13-14(2)8-9-16(17)20-18(21)19-10-12-23-15-6-4-5-7-15/h8-9,13,15H,3-7,10-12H2,1-2H3,(H2,19,20,21). The molecule has 2 N–H and O–H groups in total. The van der Waals surface area contributed by atoms with E-state index in [-0.39, 0.29) is 6.03 Å². The highest BCUT2D eigenvalue weighted by Crippen LogP contribution is 2.29. The summed E-state index contributed by atoms with van der Waals surface area (Å²) in [5, 5.41) is 6.61. The van der Waals surface area contributed by atoms with Gasteiger partial charge in [-0.15, -0.1) is 0 Å². The van der Waals surface area contributed by atoms with Crippen LogP contribution in [0.15, 0.2) is 18.2 Å². The predicted octanol–water partition coefficient (Wildman–Crippen LogP) is 4.58. The van der Waals surface area contributed by atoms with Crippen LogP contribution in [-0.2, 0) is 0 Å². The summed E-state index contributed by atoms with van der Waals surface area (Å²) in [7, 11) is 0. The van der Waals surface area contributed by atoms with Gasteiger partial charge in [-0.1, -0.05) is 25.8 Å². The van der Waals surface area contributed by atoms with Crippen LogP contribution in [0, 0.1) is 6.92 Å². The number of ether oxygens (including phenoxy) is 1. The molecule has 23 heavy (non-hydrogen) atoms. The number of hydrogen-bond acceptors (Lipinski definition) is 3. The molecule has 4 nitrogen and oxygen atoms in total. The fraction of sp³-hybridized carbons (Fsp3) is 0.611. The number of amides is 2. The van der Waals surface area contributed by atoms with E-state index in [1.165, 1.54) is 25.7 Å². The van der Waals surface area contributed by atoms with Crippen molar-refractivity contribution in [1.29, 1.82) is 0 Å². The van der Waals surface area contributed by atoms with Gasteiger partial charge >= 0.3 is 6.03 Å². The Morgan fingerprint density at radius 3 is 2.87 bits per heavy atom. The fourth-order valence-corrected chi connectivity index (χ4v) is 3.90. The Kier molecular flexibility index (Phi) is 7.59. The molecule has 2 rings (SSSR count). The van der Waals surface area contributed by atoms with Gasteiger partial charge in [-0.2, -0.15) is 11.8 Å². The van der Waals surface area contributed by atoms with Crippen molar-refractivity contribution in [3.63, 3.8) is 0 Å². The van der Waals surface area contributed by atoms with Crippen LogP contribution in [0.2, 0.25) is 0 Å². The lowest BCUT2D eigenvalue weighted by atomic mass is 10.2. The number of aryl methyl sites for hydroxylation is 1. The van der Waals surface area contributed by atoms with Gasteiger partial charge in [0.05, 0.1) is 12.3 Å². The van der Waals surface area contributed by atoms with Crippen LogP contribution in [0.3, 0.4) is 0 Å². The Balaban J connectivity index is 1.75. The molecule has 1 aliphatic rings. The van der Waals surface area contributed by atoms with Gasteiger partial charge < -0.3 is 15.4 Å². The van der Waals surface area contributed by atoms with Gasteiger partial charge in [0.1, 0.15) is 5.75 Å². The number of carbonyl (C=O) groups is 1. The minimum atomic E-state index is -0.165. The zero-order valence-corrected chi connectivity index (χ0v) is 15.0. The number of hydrogen-bond donors (Lipinski definition) is 2. The molecule has 1 aliphatic carbocycles. The van der Waals surface area contributed by atoms with E-state index in [4.69, 9.17) is 4.74 Å². The summed E-state index contributed by atoms with van der Waals surface area (Å²) in [4.78, 5) is 12.0. The highest BCUT2D eigenvalue weighted by molar-refractivity contribution is 7.99. The first kappa shape index (κ1) is 18.0. The summed E-state index contributed by atoms with van der Waals surface area (Å²) < 4.78 is 5.71. The maximum Gasteiger partial charge on any atom is 0.319 e. The number of anilines is 1. The predicted molar refractivity (Wildman–Crippen MR) is 98.7 cm³/mol. The summed E-state index contributed by atoms with van der Waals surface area (Å²) in [6.45, 7) is 5.43. The molecule has 1 aromatic rings. The molecule has 0 aliphatic heterocycles. The molecule has 0 unspecified atom stereocenters. The fourth-order valence-electron chi connectivity index (χ4n) is 2.68. The van der Waals surface area contributed by atoms with Gasteiger partial charge in [0, 0.05) is 17.5 Å². The number of thioether (sulfide) groups is 1. The monoisotopic (exact) mass is 336 g/mol. The van der Waals surface area contributed by atoms with Crippen molar-refractivity contribution in [1.82, 2.24) is 5.32 Å². The Hall–Kier alpha value is -1.36. The van der Waals surface area contributed by atoms with Crippen LogP contribution in [0.4, 0.5) is 10.5 Å². The number of benzene rings is 1. The van der Waals surface area contributed by atoms with Gasteiger partial charge in [0.25, 0.3) is 0 Å². The minimum absolute atomic E-state index is 0.165. The van der Waals surface area contributed by atoms with Crippen LogP contribution < -0.4 is 15.4 Å². The van der Waals surface area contributed by atoms with E-state index in [1.807, 2.05) is 36.9 Å². The largest absolute Gasteiger partial charge is 0.491 e. The van der Waals surface area contributed by atoms with E-state index in [2.05, 4.69) is 17.6 Å². The second-order valence-corrected chi connectivity index (χ2v) is 7.41. The molecule has 0 spiro atoms. The van der Waals surface area contributed by atoms with Crippen molar-refractivity contribution >= 4 is 23.5 Å². The second kappa shape index (κ2) is 9.71. The normalized spacial score (nSPS) is 14.7. The maximum atomic E-state index is 12.0. The number of carbonyl (C=O) groups excluding carboxylic acids is 1. The van der Waals surface area contributed by atoms with E-state index < -0.39 is 0 Å². The average molecular weight is 337 g/mol. The van der Waals surface area contributed by atoms with E-state index >= 15 is 0 Å². The van der Waals surface area contributed by atoms with Gasteiger partial charge in [0.2, 0.25) is 0 Å². The summed E-state index contributed by atoms with van der Waals surface area (Å²) >= 11 is 1.98. The lowest BCUT2D eigenvalue weighted by molar-refractivity contribution is 0.252.